The predicted octanol–water partition coefficient (Wildman–Crippen LogP) is 0.997. The highest BCUT2D eigenvalue weighted by Gasteiger charge is 2.35. The molecule has 0 spiro atoms. The fourth-order valence-corrected chi connectivity index (χ4v) is 4.08. The lowest BCUT2D eigenvalue weighted by atomic mass is 10.1. The summed E-state index contributed by atoms with van der Waals surface area (Å²) in [6.45, 7) is 2.29. The number of fused-ring (bicyclic) bond motifs is 1. The smallest absolute Gasteiger partial charge is 0.261 e. The van der Waals surface area contributed by atoms with E-state index in [1.807, 2.05) is 35.2 Å². The first-order valence-electron chi connectivity index (χ1n) is 10.5. The van der Waals surface area contributed by atoms with Gasteiger partial charge in [0.1, 0.15) is 0 Å². The molecule has 1 aromatic heterocycles. The van der Waals surface area contributed by atoms with E-state index in [0.29, 0.717) is 43.3 Å². The number of anilines is 1. The van der Waals surface area contributed by atoms with Crippen LogP contribution >= 0.6 is 0 Å². The Kier molecular flexibility index (Phi) is 5.10. The van der Waals surface area contributed by atoms with Gasteiger partial charge in [-0.3, -0.25) is 19.3 Å². The Balaban J connectivity index is 1.17. The molecule has 0 unspecified atom stereocenters. The van der Waals surface area contributed by atoms with Crippen LogP contribution in [0.4, 0.5) is 5.95 Å². The van der Waals surface area contributed by atoms with E-state index in [0.717, 1.165) is 10.6 Å². The van der Waals surface area contributed by atoms with E-state index < -0.39 is 0 Å². The van der Waals surface area contributed by atoms with E-state index >= 15 is 0 Å². The number of rotatable bonds is 5. The molecular formula is C22H21N7O3. The Bertz CT molecular complexity index is 1130. The molecule has 0 saturated carbocycles. The van der Waals surface area contributed by atoms with Gasteiger partial charge in [-0.2, -0.15) is 4.68 Å². The average Bonchev–Trinajstić information content (AvgIpc) is 3.42. The van der Waals surface area contributed by atoms with Gasteiger partial charge in [0.15, 0.2) is 0 Å². The predicted molar refractivity (Wildman–Crippen MR) is 114 cm³/mol. The minimum absolute atomic E-state index is 0.0798. The van der Waals surface area contributed by atoms with Crippen LogP contribution in [-0.2, 0) is 4.79 Å². The first-order chi connectivity index (χ1) is 15.6. The maximum atomic E-state index is 12.7. The molecule has 3 amide bonds. The summed E-state index contributed by atoms with van der Waals surface area (Å²) >= 11 is 0. The molecular weight excluding hydrogens is 410 g/mol. The van der Waals surface area contributed by atoms with Gasteiger partial charge in [-0.15, -0.1) is 0 Å². The van der Waals surface area contributed by atoms with E-state index in [9.17, 15) is 14.4 Å². The summed E-state index contributed by atoms with van der Waals surface area (Å²) in [7, 11) is 0. The molecule has 1 saturated heterocycles. The molecule has 2 aromatic carbocycles. The van der Waals surface area contributed by atoms with Crippen LogP contribution in [0.2, 0.25) is 0 Å². The lowest BCUT2D eigenvalue weighted by Crippen LogP contribution is -2.50. The Labute approximate surface area is 184 Å². The summed E-state index contributed by atoms with van der Waals surface area (Å²) in [5.74, 6) is -0.120. The quantitative estimate of drug-likeness (QED) is 0.555. The Morgan fingerprint density at radius 2 is 1.47 bits per heavy atom. The zero-order chi connectivity index (χ0) is 22.1. The van der Waals surface area contributed by atoms with Crippen molar-refractivity contribution >= 4 is 23.7 Å². The number of benzene rings is 2. The van der Waals surface area contributed by atoms with Gasteiger partial charge < -0.3 is 9.80 Å². The van der Waals surface area contributed by atoms with E-state index in [-0.39, 0.29) is 30.7 Å². The molecule has 0 radical (unpaired) electrons. The third kappa shape index (κ3) is 3.49. The number of carbonyl (C=O) groups excluding carboxylic acids is 3. The maximum Gasteiger partial charge on any atom is 0.261 e. The number of tetrazole rings is 1. The summed E-state index contributed by atoms with van der Waals surface area (Å²) in [6, 6.07) is 16.4. The van der Waals surface area contributed by atoms with Gasteiger partial charge in [0.2, 0.25) is 11.9 Å². The van der Waals surface area contributed by atoms with Crippen molar-refractivity contribution < 1.29 is 14.4 Å². The number of piperazine rings is 1. The van der Waals surface area contributed by atoms with Crippen molar-refractivity contribution in [3.8, 4) is 5.69 Å². The van der Waals surface area contributed by atoms with Crippen molar-refractivity contribution in [2.75, 3.05) is 37.6 Å². The van der Waals surface area contributed by atoms with Crippen LogP contribution in [-0.4, -0.2) is 80.5 Å². The second kappa shape index (κ2) is 8.22. The van der Waals surface area contributed by atoms with Crippen LogP contribution in [0, 0.1) is 0 Å². The van der Waals surface area contributed by atoms with Crippen molar-refractivity contribution in [1.29, 1.82) is 0 Å². The summed E-state index contributed by atoms with van der Waals surface area (Å²) in [5, 5.41) is 12.0. The summed E-state index contributed by atoms with van der Waals surface area (Å²) in [4.78, 5) is 42.6. The number of amides is 3. The number of para-hydroxylation sites is 1. The standard InChI is InChI=1S/C22H21N7O3/c30-19(10-11-28-20(31)17-8-4-5-9-18(17)21(28)32)26-12-14-27(15-13-26)22-23-24-25-29(22)16-6-2-1-3-7-16/h1-9H,10-15H2. The van der Waals surface area contributed by atoms with Crippen LogP contribution in [0.1, 0.15) is 27.1 Å². The Morgan fingerprint density at radius 3 is 2.12 bits per heavy atom. The van der Waals surface area contributed by atoms with Crippen LogP contribution in [0.3, 0.4) is 0 Å². The Morgan fingerprint density at radius 1 is 0.844 bits per heavy atom. The summed E-state index contributed by atoms with van der Waals surface area (Å²) in [6.07, 6.45) is 0.104. The van der Waals surface area contributed by atoms with Gasteiger partial charge in [-0.25, -0.2) is 0 Å². The minimum atomic E-state index is -0.337. The van der Waals surface area contributed by atoms with Crippen molar-refractivity contribution in [2.45, 2.75) is 6.42 Å². The highest BCUT2D eigenvalue weighted by Crippen LogP contribution is 2.23. The molecule has 0 bridgehead atoms. The van der Waals surface area contributed by atoms with Gasteiger partial charge in [-0.1, -0.05) is 35.4 Å². The topological polar surface area (TPSA) is 105 Å². The Hall–Kier alpha value is -4.08. The fraction of sp³-hybridized carbons (Fsp3) is 0.273. The molecule has 3 aromatic rings. The van der Waals surface area contributed by atoms with Gasteiger partial charge in [-0.05, 0) is 34.7 Å². The molecule has 162 valence electrons. The number of nitrogens with zero attached hydrogens (tertiary/aromatic N) is 7. The normalized spacial score (nSPS) is 15.9. The summed E-state index contributed by atoms with van der Waals surface area (Å²) in [5.41, 5.74) is 1.66. The zero-order valence-corrected chi connectivity index (χ0v) is 17.3. The first kappa shape index (κ1) is 19.9. The molecule has 10 nitrogen and oxygen atoms in total. The third-order valence-electron chi connectivity index (χ3n) is 5.80. The van der Waals surface area contributed by atoms with Crippen LogP contribution in [0.15, 0.2) is 54.6 Å². The SMILES string of the molecule is O=C(CCN1C(=O)c2ccccc2C1=O)N1CCN(c2nnnn2-c2ccccc2)CC1. The summed E-state index contributed by atoms with van der Waals surface area (Å²) < 4.78 is 1.68. The maximum absolute atomic E-state index is 12.7. The molecule has 0 N–H and O–H groups in total. The number of hydrogen-bond acceptors (Lipinski definition) is 7. The largest absolute Gasteiger partial charge is 0.339 e. The molecule has 32 heavy (non-hydrogen) atoms. The monoisotopic (exact) mass is 431 g/mol. The van der Waals surface area contributed by atoms with Crippen LogP contribution in [0.25, 0.3) is 5.69 Å². The highest BCUT2D eigenvalue weighted by atomic mass is 16.2. The van der Waals surface area contributed by atoms with E-state index in [1.54, 1.807) is 33.8 Å². The zero-order valence-electron chi connectivity index (χ0n) is 17.3. The van der Waals surface area contributed by atoms with Crippen molar-refractivity contribution in [3.63, 3.8) is 0 Å². The van der Waals surface area contributed by atoms with E-state index in [4.69, 9.17) is 0 Å². The first-order valence-corrected chi connectivity index (χ1v) is 10.5. The molecule has 0 aliphatic carbocycles. The molecule has 10 heteroatoms. The molecule has 3 heterocycles. The number of imide groups is 1. The molecule has 5 rings (SSSR count). The molecule has 0 atom stereocenters. The van der Waals surface area contributed by atoms with Gasteiger partial charge in [0, 0.05) is 39.1 Å². The third-order valence-corrected chi connectivity index (χ3v) is 5.80. The van der Waals surface area contributed by atoms with Crippen molar-refractivity contribution in [3.05, 3.63) is 65.7 Å². The van der Waals surface area contributed by atoms with Crippen LogP contribution in [0.5, 0.6) is 0 Å². The van der Waals surface area contributed by atoms with Gasteiger partial charge >= 0.3 is 0 Å². The molecule has 2 aliphatic heterocycles. The van der Waals surface area contributed by atoms with Crippen molar-refractivity contribution in [2.24, 2.45) is 0 Å². The van der Waals surface area contributed by atoms with Gasteiger partial charge in [0.25, 0.3) is 11.8 Å². The minimum Gasteiger partial charge on any atom is -0.339 e. The number of carbonyl (C=O) groups is 3. The lowest BCUT2D eigenvalue weighted by Gasteiger charge is -2.35. The van der Waals surface area contributed by atoms with E-state index in [1.165, 1.54) is 0 Å². The molecule has 1 fully saturated rings. The highest BCUT2D eigenvalue weighted by molar-refractivity contribution is 6.21. The van der Waals surface area contributed by atoms with Crippen molar-refractivity contribution in [1.82, 2.24) is 30.0 Å². The lowest BCUT2D eigenvalue weighted by molar-refractivity contribution is -0.131. The van der Waals surface area contributed by atoms with Gasteiger partial charge in [0.05, 0.1) is 16.8 Å². The van der Waals surface area contributed by atoms with Crippen LogP contribution < -0.4 is 4.90 Å². The second-order valence-corrected chi connectivity index (χ2v) is 7.65. The number of hydrogen-bond donors (Lipinski definition) is 0. The second-order valence-electron chi connectivity index (χ2n) is 7.65. The number of aromatic nitrogens is 4. The average molecular weight is 431 g/mol. The van der Waals surface area contributed by atoms with E-state index in [2.05, 4.69) is 15.5 Å². The molecule has 2 aliphatic rings. The fourth-order valence-electron chi connectivity index (χ4n) is 4.08.